The molecule has 0 amide bonds. The predicted octanol–water partition coefficient (Wildman–Crippen LogP) is 1.54. The lowest BCUT2D eigenvalue weighted by atomic mass is 9.84. The third kappa shape index (κ3) is 2.29. The van der Waals surface area contributed by atoms with Crippen LogP contribution in [0.2, 0.25) is 0 Å². The Labute approximate surface area is 128 Å². The van der Waals surface area contributed by atoms with Crippen LogP contribution in [0.5, 0.6) is 0 Å². The summed E-state index contributed by atoms with van der Waals surface area (Å²) in [6, 6.07) is 8.52. The molecule has 1 aliphatic carbocycles. The first-order valence-electron chi connectivity index (χ1n) is 7.11. The number of hydrogen-bond acceptors (Lipinski definition) is 5. The Morgan fingerprint density at radius 1 is 1.05 bits per heavy atom. The van der Waals surface area contributed by atoms with Gasteiger partial charge in [-0.2, -0.15) is 0 Å². The number of benzene rings is 1. The molecule has 0 spiro atoms. The second kappa shape index (κ2) is 5.35. The van der Waals surface area contributed by atoms with Crippen LogP contribution in [0.25, 0.3) is 0 Å². The van der Waals surface area contributed by atoms with Gasteiger partial charge in [0.1, 0.15) is 5.82 Å². The van der Waals surface area contributed by atoms with E-state index in [4.69, 9.17) is 5.73 Å². The summed E-state index contributed by atoms with van der Waals surface area (Å²) in [6.45, 7) is 0.796. The van der Waals surface area contributed by atoms with Crippen molar-refractivity contribution in [2.75, 3.05) is 26.4 Å². The molecular weight excluding hydrogens is 278 g/mol. The topological polar surface area (TPSA) is 76.3 Å². The largest absolute Gasteiger partial charge is 0.383 e. The fourth-order valence-corrected chi connectivity index (χ4v) is 2.66. The minimum Gasteiger partial charge on any atom is -0.383 e. The van der Waals surface area contributed by atoms with Gasteiger partial charge in [0.25, 0.3) is 0 Å². The van der Waals surface area contributed by atoms with E-state index in [9.17, 15) is 9.59 Å². The number of fused-ring (bicyclic) bond motifs is 2. The third-order valence-corrected chi connectivity index (χ3v) is 3.80. The maximum atomic E-state index is 12.7. The summed E-state index contributed by atoms with van der Waals surface area (Å²) in [5, 5.41) is 0. The standard InChI is InChI=1S/C17H17N3O2/c1-20(2)8-7-10-9-13-14(17(18)19-10)16(22)12-6-4-3-5-11(12)15(13)21/h3-6,9H,7-8H2,1-2H3,(H2,18,19). The zero-order chi connectivity index (χ0) is 15.9. The van der Waals surface area contributed by atoms with Crippen LogP contribution in [0, 0.1) is 0 Å². The first-order chi connectivity index (χ1) is 10.5. The summed E-state index contributed by atoms with van der Waals surface area (Å²) >= 11 is 0. The van der Waals surface area contributed by atoms with E-state index in [2.05, 4.69) is 4.98 Å². The molecule has 112 valence electrons. The van der Waals surface area contributed by atoms with Crippen molar-refractivity contribution >= 4 is 17.4 Å². The SMILES string of the molecule is CN(C)CCc1cc2c(c(N)n1)C(=O)c1ccccc1C2=O. The lowest BCUT2D eigenvalue weighted by molar-refractivity contribution is 0.0979. The molecule has 5 heteroatoms. The number of nitrogens with two attached hydrogens (primary N) is 1. The Morgan fingerprint density at radius 2 is 1.68 bits per heavy atom. The van der Waals surface area contributed by atoms with Crippen LogP contribution >= 0.6 is 0 Å². The Hall–Kier alpha value is -2.53. The number of rotatable bonds is 3. The molecule has 0 aliphatic heterocycles. The summed E-state index contributed by atoms with van der Waals surface area (Å²) in [6.07, 6.45) is 0.674. The van der Waals surface area contributed by atoms with E-state index >= 15 is 0 Å². The van der Waals surface area contributed by atoms with Gasteiger partial charge in [-0.3, -0.25) is 9.59 Å². The summed E-state index contributed by atoms with van der Waals surface area (Å²) in [5.41, 5.74) is 8.12. The van der Waals surface area contributed by atoms with Gasteiger partial charge in [0.05, 0.1) is 5.56 Å². The smallest absolute Gasteiger partial charge is 0.198 e. The highest BCUT2D eigenvalue weighted by Crippen LogP contribution is 2.30. The van der Waals surface area contributed by atoms with Crippen LogP contribution in [0.3, 0.4) is 0 Å². The zero-order valence-corrected chi connectivity index (χ0v) is 12.6. The van der Waals surface area contributed by atoms with Crippen molar-refractivity contribution in [3.8, 4) is 0 Å². The molecule has 1 aliphatic rings. The average Bonchev–Trinajstić information content (AvgIpc) is 2.50. The van der Waals surface area contributed by atoms with Crippen LogP contribution in [-0.4, -0.2) is 42.1 Å². The molecule has 0 unspecified atom stereocenters. The van der Waals surface area contributed by atoms with E-state index in [0.29, 0.717) is 23.1 Å². The van der Waals surface area contributed by atoms with Gasteiger partial charge < -0.3 is 10.6 Å². The number of carbonyl (C=O) groups excluding carboxylic acids is 2. The average molecular weight is 295 g/mol. The summed E-state index contributed by atoms with van der Waals surface area (Å²) in [7, 11) is 3.93. The molecule has 0 bridgehead atoms. The number of anilines is 1. The van der Waals surface area contributed by atoms with Gasteiger partial charge in [0, 0.05) is 35.3 Å². The minimum absolute atomic E-state index is 0.138. The van der Waals surface area contributed by atoms with Crippen LogP contribution in [0.4, 0.5) is 5.82 Å². The highest BCUT2D eigenvalue weighted by atomic mass is 16.1. The van der Waals surface area contributed by atoms with Crippen molar-refractivity contribution in [2.24, 2.45) is 0 Å². The van der Waals surface area contributed by atoms with Crippen molar-refractivity contribution < 1.29 is 9.59 Å². The van der Waals surface area contributed by atoms with Gasteiger partial charge in [-0.1, -0.05) is 24.3 Å². The van der Waals surface area contributed by atoms with E-state index in [1.165, 1.54) is 0 Å². The van der Waals surface area contributed by atoms with Crippen LogP contribution in [0.1, 0.15) is 37.5 Å². The molecule has 5 nitrogen and oxygen atoms in total. The first-order valence-corrected chi connectivity index (χ1v) is 7.11. The number of carbonyl (C=O) groups is 2. The molecule has 0 fully saturated rings. The number of aromatic nitrogens is 1. The Bertz CT molecular complexity index is 781. The molecular formula is C17H17N3O2. The van der Waals surface area contributed by atoms with E-state index in [1.807, 2.05) is 19.0 Å². The van der Waals surface area contributed by atoms with Gasteiger partial charge in [0.2, 0.25) is 0 Å². The molecule has 0 radical (unpaired) electrons. The van der Waals surface area contributed by atoms with Crippen LogP contribution in [0.15, 0.2) is 30.3 Å². The molecule has 0 saturated carbocycles. The number of hydrogen-bond donors (Lipinski definition) is 1. The minimum atomic E-state index is -0.227. The molecule has 0 saturated heterocycles. The number of ketones is 2. The molecule has 1 aromatic carbocycles. The van der Waals surface area contributed by atoms with Crippen molar-refractivity contribution in [3.63, 3.8) is 0 Å². The maximum absolute atomic E-state index is 12.7. The Kier molecular flexibility index (Phi) is 3.50. The monoisotopic (exact) mass is 295 g/mol. The lowest BCUT2D eigenvalue weighted by Crippen LogP contribution is -2.24. The molecule has 1 aromatic heterocycles. The normalized spacial score (nSPS) is 13.2. The third-order valence-electron chi connectivity index (χ3n) is 3.80. The highest BCUT2D eigenvalue weighted by Gasteiger charge is 2.32. The number of nitrogens with zero attached hydrogens (tertiary/aromatic N) is 2. The van der Waals surface area contributed by atoms with Crippen molar-refractivity contribution in [1.82, 2.24) is 9.88 Å². The zero-order valence-electron chi connectivity index (χ0n) is 12.6. The van der Waals surface area contributed by atoms with Gasteiger partial charge in [-0.25, -0.2) is 4.98 Å². The fourth-order valence-electron chi connectivity index (χ4n) is 2.66. The fraction of sp³-hybridized carbons (Fsp3) is 0.235. The van der Waals surface area contributed by atoms with Gasteiger partial charge >= 0.3 is 0 Å². The molecule has 2 aromatic rings. The lowest BCUT2D eigenvalue weighted by Gasteiger charge is -2.19. The van der Waals surface area contributed by atoms with Gasteiger partial charge in [0.15, 0.2) is 11.6 Å². The van der Waals surface area contributed by atoms with Crippen LogP contribution in [-0.2, 0) is 6.42 Å². The number of likely N-dealkylation sites (N-methyl/N-ethyl adjacent to an activating group) is 1. The van der Waals surface area contributed by atoms with Crippen molar-refractivity contribution in [2.45, 2.75) is 6.42 Å². The first kappa shape index (κ1) is 14.4. The van der Waals surface area contributed by atoms with E-state index in [-0.39, 0.29) is 22.9 Å². The molecule has 1 heterocycles. The van der Waals surface area contributed by atoms with E-state index in [0.717, 1.165) is 12.2 Å². The number of pyridine rings is 1. The number of nitrogen functional groups attached to an aromatic ring is 1. The molecule has 3 rings (SSSR count). The maximum Gasteiger partial charge on any atom is 0.198 e. The quantitative estimate of drug-likeness (QED) is 0.793. The highest BCUT2D eigenvalue weighted by molar-refractivity contribution is 6.29. The summed E-state index contributed by atoms with van der Waals surface area (Å²) < 4.78 is 0. The Balaban J connectivity index is 2.10. The predicted molar refractivity (Wildman–Crippen MR) is 84.2 cm³/mol. The molecule has 22 heavy (non-hydrogen) atoms. The summed E-state index contributed by atoms with van der Waals surface area (Å²) in [5.74, 6) is -0.251. The molecule has 0 atom stereocenters. The molecule has 2 N–H and O–H groups in total. The summed E-state index contributed by atoms with van der Waals surface area (Å²) in [4.78, 5) is 31.5. The van der Waals surface area contributed by atoms with E-state index < -0.39 is 0 Å². The van der Waals surface area contributed by atoms with E-state index in [1.54, 1.807) is 30.3 Å². The van der Waals surface area contributed by atoms with Crippen molar-refractivity contribution in [1.29, 1.82) is 0 Å². The second-order valence-electron chi connectivity index (χ2n) is 5.68. The second-order valence-corrected chi connectivity index (χ2v) is 5.68. The van der Waals surface area contributed by atoms with Crippen molar-refractivity contribution in [3.05, 3.63) is 58.3 Å². The van der Waals surface area contributed by atoms with Crippen LogP contribution < -0.4 is 5.73 Å². The van der Waals surface area contributed by atoms with Gasteiger partial charge in [-0.05, 0) is 20.2 Å². The Morgan fingerprint density at radius 3 is 2.32 bits per heavy atom. The van der Waals surface area contributed by atoms with Gasteiger partial charge in [-0.15, -0.1) is 0 Å².